The number of aromatic hydroxyl groups is 1. The van der Waals surface area contributed by atoms with Gasteiger partial charge in [0.05, 0.1) is 12.7 Å². The SMILES string of the molecule is C[C@H]1CO[C@]2(CC[C@H](C)N3C[C@H]2n2cc(C(=O)NCc4c(F)cc(F)cc4F)c(=O)c(O)c2C3=O)O1. The number of rotatable bonds is 3. The minimum Gasteiger partial charge on any atom is -0.503 e. The van der Waals surface area contributed by atoms with Crippen molar-refractivity contribution in [1.82, 2.24) is 14.8 Å². The predicted molar refractivity (Wildman–Crippen MR) is 118 cm³/mol. The van der Waals surface area contributed by atoms with Crippen molar-refractivity contribution in [2.45, 2.75) is 57.2 Å². The number of carbonyl (C=O) groups excluding carboxylic acids is 2. The summed E-state index contributed by atoms with van der Waals surface area (Å²) in [5.41, 5.74) is -2.55. The fraction of sp³-hybridized carbons (Fsp3) is 0.458. The van der Waals surface area contributed by atoms with Crippen LogP contribution in [0.2, 0.25) is 0 Å². The fourth-order valence-corrected chi connectivity index (χ4v) is 5.17. The lowest BCUT2D eigenvalue weighted by atomic mass is 9.99. The van der Waals surface area contributed by atoms with Crippen LogP contribution in [0.25, 0.3) is 0 Å². The highest BCUT2D eigenvalue weighted by Gasteiger charge is 2.54. The van der Waals surface area contributed by atoms with Crippen molar-refractivity contribution in [2.75, 3.05) is 13.2 Å². The molecule has 9 nitrogen and oxygen atoms in total. The van der Waals surface area contributed by atoms with Crippen molar-refractivity contribution < 1.29 is 37.3 Å². The average molecular weight is 507 g/mol. The van der Waals surface area contributed by atoms with Gasteiger partial charge in [0.15, 0.2) is 17.2 Å². The van der Waals surface area contributed by atoms with E-state index in [0.717, 1.165) is 6.20 Å². The normalized spacial score (nSPS) is 27.2. The molecule has 0 saturated carbocycles. The number of carbonyl (C=O) groups is 2. The van der Waals surface area contributed by atoms with Crippen LogP contribution in [-0.4, -0.2) is 57.5 Å². The van der Waals surface area contributed by atoms with Gasteiger partial charge in [-0.05, 0) is 20.3 Å². The van der Waals surface area contributed by atoms with E-state index in [2.05, 4.69) is 5.32 Å². The Labute approximate surface area is 203 Å². The molecule has 12 heteroatoms. The molecule has 2 saturated heterocycles. The molecule has 2 bridgehead atoms. The maximum absolute atomic E-state index is 14.0. The first kappa shape index (κ1) is 24.3. The monoisotopic (exact) mass is 507 g/mol. The number of hydrogen-bond donors (Lipinski definition) is 2. The third kappa shape index (κ3) is 3.75. The van der Waals surface area contributed by atoms with Gasteiger partial charge in [-0.25, -0.2) is 13.2 Å². The van der Waals surface area contributed by atoms with Gasteiger partial charge in [0.1, 0.15) is 29.1 Å². The smallest absolute Gasteiger partial charge is 0.274 e. The van der Waals surface area contributed by atoms with Crippen LogP contribution in [0.1, 0.15) is 59.1 Å². The van der Waals surface area contributed by atoms with Gasteiger partial charge >= 0.3 is 0 Å². The van der Waals surface area contributed by atoms with E-state index in [0.29, 0.717) is 31.6 Å². The van der Waals surface area contributed by atoms with Crippen LogP contribution in [0, 0.1) is 17.5 Å². The van der Waals surface area contributed by atoms with Crippen LogP contribution >= 0.6 is 0 Å². The molecule has 2 aromatic rings. The van der Waals surface area contributed by atoms with E-state index in [-0.39, 0.29) is 24.4 Å². The quantitative estimate of drug-likeness (QED) is 0.660. The van der Waals surface area contributed by atoms with Gasteiger partial charge < -0.3 is 29.4 Å². The summed E-state index contributed by atoms with van der Waals surface area (Å²) in [5.74, 6) is -7.20. The summed E-state index contributed by atoms with van der Waals surface area (Å²) >= 11 is 0. The number of ether oxygens (including phenoxy) is 2. The van der Waals surface area contributed by atoms with Gasteiger partial charge in [-0.1, -0.05) is 0 Å². The molecule has 0 unspecified atom stereocenters. The molecule has 3 aliphatic rings. The largest absolute Gasteiger partial charge is 0.503 e. The van der Waals surface area contributed by atoms with Crippen molar-refractivity contribution in [3.8, 4) is 5.75 Å². The van der Waals surface area contributed by atoms with Crippen molar-refractivity contribution in [2.24, 2.45) is 0 Å². The lowest BCUT2D eigenvalue weighted by Gasteiger charge is -2.42. The maximum Gasteiger partial charge on any atom is 0.274 e. The zero-order valence-corrected chi connectivity index (χ0v) is 19.5. The first-order valence-electron chi connectivity index (χ1n) is 11.5. The van der Waals surface area contributed by atoms with Crippen molar-refractivity contribution in [1.29, 1.82) is 0 Å². The number of nitrogens with zero attached hydrogens (tertiary/aromatic N) is 2. The Morgan fingerprint density at radius 3 is 2.56 bits per heavy atom. The van der Waals surface area contributed by atoms with Crippen LogP contribution in [0.3, 0.4) is 0 Å². The molecule has 1 aromatic carbocycles. The van der Waals surface area contributed by atoms with Gasteiger partial charge in [-0.15, -0.1) is 0 Å². The number of amides is 2. The van der Waals surface area contributed by atoms with E-state index in [1.807, 2.05) is 13.8 Å². The second-order valence-corrected chi connectivity index (χ2v) is 9.42. The van der Waals surface area contributed by atoms with Crippen molar-refractivity contribution in [3.63, 3.8) is 0 Å². The first-order valence-corrected chi connectivity index (χ1v) is 11.5. The molecule has 5 rings (SSSR count). The Hall–Kier alpha value is -3.38. The van der Waals surface area contributed by atoms with Gasteiger partial charge in [0.2, 0.25) is 5.43 Å². The Morgan fingerprint density at radius 2 is 1.92 bits per heavy atom. The van der Waals surface area contributed by atoms with Crippen LogP contribution in [0.4, 0.5) is 13.2 Å². The summed E-state index contributed by atoms with van der Waals surface area (Å²) in [4.78, 5) is 40.6. The number of pyridine rings is 1. The minimum absolute atomic E-state index is 0.162. The number of hydrogen-bond acceptors (Lipinski definition) is 6. The van der Waals surface area contributed by atoms with Crippen LogP contribution in [0.5, 0.6) is 5.75 Å². The molecule has 0 aliphatic carbocycles. The van der Waals surface area contributed by atoms with Gasteiger partial charge in [-0.3, -0.25) is 14.4 Å². The molecule has 36 heavy (non-hydrogen) atoms. The zero-order valence-electron chi connectivity index (χ0n) is 19.5. The summed E-state index contributed by atoms with van der Waals surface area (Å²) in [6.07, 6.45) is 1.89. The third-order valence-corrected chi connectivity index (χ3v) is 7.07. The lowest BCUT2D eigenvalue weighted by Crippen LogP contribution is -2.52. The minimum atomic E-state index is -1.21. The van der Waals surface area contributed by atoms with Gasteiger partial charge in [-0.2, -0.15) is 0 Å². The second-order valence-electron chi connectivity index (χ2n) is 9.42. The van der Waals surface area contributed by atoms with Crippen LogP contribution in [-0.2, 0) is 16.0 Å². The number of benzene rings is 1. The zero-order chi connectivity index (χ0) is 25.9. The average Bonchev–Trinajstić information content (AvgIpc) is 3.14. The number of halogens is 3. The number of nitrogens with one attached hydrogen (secondary N) is 1. The molecule has 4 heterocycles. The first-order chi connectivity index (χ1) is 17.0. The predicted octanol–water partition coefficient (Wildman–Crippen LogP) is 2.21. The van der Waals surface area contributed by atoms with Crippen LogP contribution < -0.4 is 10.7 Å². The molecular formula is C24H24F3N3O6. The summed E-state index contributed by atoms with van der Waals surface area (Å²) in [6.45, 7) is 3.48. The lowest BCUT2D eigenvalue weighted by molar-refractivity contribution is -0.201. The van der Waals surface area contributed by atoms with E-state index >= 15 is 0 Å². The molecule has 1 spiro atoms. The molecule has 2 N–H and O–H groups in total. The van der Waals surface area contributed by atoms with E-state index < -0.39 is 69.9 Å². The Balaban J connectivity index is 1.55. The summed E-state index contributed by atoms with van der Waals surface area (Å²) in [7, 11) is 0. The van der Waals surface area contributed by atoms with Crippen LogP contribution in [0.15, 0.2) is 23.1 Å². The van der Waals surface area contributed by atoms with E-state index in [1.54, 1.807) is 4.90 Å². The van der Waals surface area contributed by atoms with E-state index in [1.165, 1.54) is 4.57 Å². The standard InChI is InChI=1S/C24H24F3N3O6/c1-11-3-4-24(35-10-12(2)36-24)18-9-29(11)23(34)19-21(32)20(31)15(8-30(18)19)22(33)28-7-14-16(26)5-13(25)6-17(14)27/h5-6,8,11-12,18,32H,3-4,7,9-10H2,1-2H3,(H,28,33)/t11-,12-,18+,24+/m0/s1. The van der Waals surface area contributed by atoms with Gasteiger partial charge in [0.25, 0.3) is 11.8 Å². The molecular weight excluding hydrogens is 483 g/mol. The maximum atomic E-state index is 14.0. The summed E-state index contributed by atoms with van der Waals surface area (Å²) < 4.78 is 54.7. The van der Waals surface area contributed by atoms with E-state index in [4.69, 9.17) is 9.47 Å². The third-order valence-electron chi connectivity index (χ3n) is 7.07. The second kappa shape index (κ2) is 8.63. The van der Waals surface area contributed by atoms with Gasteiger partial charge in [0, 0.05) is 49.4 Å². The molecule has 3 aliphatic heterocycles. The highest BCUT2D eigenvalue weighted by atomic mass is 19.1. The fourth-order valence-electron chi connectivity index (χ4n) is 5.17. The highest BCUT2D eigenvalue weighted by Crippen LogP contribution is 2.45. The molecule has 1 aromatic heterocycles. The molecule has 192 valence electrons. The Bertz CT molecular complexity index is 1310. The number of fused-ring (bicyclic) bond motifs is 5. The number of aromatic nitrogens is 1. The van der Waals surface area contributed by atoms with E-state index in [9.17, 15) is 32.7 Å². The Morgan fingerprint density at radius 1 is 1.22 bits per heavy atom. The van der Waals surface area contributed by atoms with Crippen molar-refractivity contribution >= 4 is 11.8 Å². The summed E-state index contributed by atoms with van der Waals surface area (Å²) in [5, 5.41) is 13.0. The highest BCUT2D eigenvalue weighted by molar-refractivity contribution is 5.99. The molecule has 0 radical (unpaired) electrons. The Kier molecular flexibility index (Phi) is 5.83. The summed E-state index contributed by atoms with van der Waals surface area (Å²) in [6, 6.07) is 0.0483. The molecule has 2 amide bonds. The topological polar surface area (TPSA) is 110 Å². The molecule has 4 atom stereocenters. The molecule has 2 fully saturated rings. The van der Waals surface area contributed by atoms with Crippen molar-refractivity contribution in [3.05, 3.63) is 62.8 Å².